The van der Waals surface area contributed by atoms with Crippen LogP contribution in [0, 0.1) is 0 Å². The monoisotopic (exact) mass is 528 g/mol. The zero-order chi connectivity index (χ0) is 27.2. The normalized spacial score (nSPS) is 13.2. The maximum atomic E-state index is 6.27. The van der Waals surface area contributed by atoms with Gasteiger partial charge in [0.25, 0.3) is 0 Å². The average Bonchev–Trinajstić information content (AvgIpc) is 3.50. The van der Waals surface area contributed by atoms with Crippen LogP contribution in [0.25, 0.3) is 72.1 Å². The molecule has 0 aliphatic heterocycles. The van der Waals surface area contributed by atoms with Crippen LogP contribution in [0.4, 0.5) is 0 Å². The lowest BCUT2D eigenvalue weighted by molar-refractivity contribution is 0.580. The third-order valence-corrected chi connectivity index (χ3v) is 7.69. The van der Waals surface area contributed by atoms with Crippen molar-refractivity contribution in [2.75, 3.05) is 0 Å². The molecule has 194 valence electrons. The van der Waals surface area contributed by atoms with Crippen LogP contribution in [0.2, 0.25) is 0 Å². The molecule has 5 nitrogen and oxygen atoms in total. The molecule has 0 spiro atoms. The van der Waals surface area contributed by atoms with Crippen molar-refractivity contribution in [2.45, 2.75) is 12.8 Å². The van der Waals surface area contributed by atoms with E-state index < -0.39 is 0 Å². The van der Waals surface area contributed by atoms with Gasteiger partial charge in [-0.05, 0) is 55.3 Å². The van der Waals surface area contributed by atoms with Gasteiger partial charge in [-0.3, -0.25) is 4.98 Å². The molecule has 1 aliphatic carbocycles. The number of hydrogen-bond donors (Lipinski definition) is 0. The van der Waals surface area contributed by atoms with Crippen molar-refractivity contribution in [3.05, 3.63) is 128 Å². The summed E-state index contributed by atoms with van der Waals surface area (Å²) in [5, 5.41) is 3.20. The number of benzene rings is 3. The van der Waals surface area contributed by atoms with Gasteiger partial charge in [0.15, 0.2) is 5.58 Å². The Bertz CT molecular complexity index is 2140. The minimum absolute atomic E-state index is 0.699. The number of allylic oxidation sites excluding steroid dienone is 4. The molecule has 0 amide bonds. The summed E-state index contributed by atoms with van der Waals surface area (Å²) >= 11 is 0. The van der Waals surface area contributed by atoms with E-state index in [1.807, 2.05) is 42.5 Å². The number of nitrogens with zero attached hydrogens (tertiary/aromatic N) is 4. The maximum absolute atomic E-state index is 6.27. The fourth-order valence-electron chi connectivity index (χ4n) is 5.64. The quantitative estimate of drug-likeness (QED) is 0.213. The van der Waals surface area contributed by atoms with E-state index in [0.717, 1.165) is 85.0 Å². The molecule has 0 atom stereocenters. The highest BCUT2D eigenvalue weighted by Crippen LogP contribution is 2.38. The maximum Gasteiger partial charge on any atom is 0.223 e. The topological polar surface area (TPSA) is 64.7 Å². The first kappa shape index (κ1) is 23.5. The van der Waals surface area contributed by atoms with Crippen molar-refractivity contribution in [2.24, 2.45) is 0 Å². The molecular formula is C36H24N4O. The van der Waals surface area contributed by atoms with E-state index in [2.05, 4.69) is 71.7 Å². The van der Waals surface area contributed by atoms with Crippen molar-refractivity contribution >= 4 is 38.3 Å². The summed E-state index contributed by atoms with van der Waals surface area (Å²) in [6, 6.07) is 31.0. The zero-order valence-electron chi connectivity index (χ0n) is 22.2. The van der Waals surface area contributed by atoms with Gasteiger partial charge < -0.3 is 4.42 Å². The molecule has 8 rings (SSSR count). The molecule has 1 aliphatic rings. The highest BCUT2D eigenvalue weighted by molar-refractivity contribution is 6.20. The fraction of sp³-hybridized carbons (Fsp3) is 0.0556. The van der Waals surface area contributed by atoms with Crippen molar-refractivity contribution < 1.29 is 4.42 Å². The lowest BCUT2D eigenvalue weighted by Crippen LogP contribution is -1.92. The SMILES string of the molecule is C1=CCCC(c2nc3c(ccc4c(-c5ccc(-c6cccc(-c7ccncc7)n6)cc5)nc5ccccc5c43)o2)=C1. The molecule has 7 aromatic rings. The van der Waals surface area contributed by atoms with E-state index in [-0.39, 0.29) is 0 Å². The molecule has 0 saturated heterocycles. The number of aromatic nitrogens is 4. The predicted octanol–water partition coefficient (Wildman–Crippen LogP) is 9.05. The largest absolute Gasteiger partial charge is 0.436 e. The van der Waals surface area contributed by atoms with E-state index in [4.69, 9.17) is 19.4 Å². The lowest BCUT2D eigenvalue weighted by Gasteiger charge is -2.11. The van der Waals surface area contributed by atoms with Crippen LogP contribution in [0.15, 0.2) is 126 Å². The van der Waals surface area contributed by atoms with Gasteiger partial charge in [-0.2, -0.15) is 0 Å². The molecule has 0 radical (unpaired) electrons. The van der Waals surface area contributed by atoms with E-state index in [0.29, 0.717) is 5.89 Å². The molecule has 3 aromatic carbocycles. The third-order valence-electron chi connectivity index (χ3n) is 7.69. The van der Waals surface area contributed by atoms with Crippen molar-refractivity contribution in [3.8, 4) is 33.8 Å². The Morgan fingerprint density at radius 3 is 2.22 bits per heavy atom. The van der Waals surface area contributed by atoms with E-state index in [9.17, 15) is 0 Å². The first-order valence-electron chi connectivity index (χ1n) is 13.8. The Hall–Kier alpha value is -5.42. The molecule has 0 bridgehead atoms. The highest BCUT2D eigenvalue weighted by Gasteiger charge is 2.18. The minimum Gasteiger partial charge on any atom is -0.436 e. The average molecular weight is 529 g/mol. The second-order valence-electron chi connectivity index (χ2n) is 10.2. The summed E-state index contributed by atoms with van der Waals surface area (Å²) in [6.45, 7) is 0. The van der Waals surface area contributed by atoms with Crippen LogP contribution in [0.3, 0.4) is 0 Å². The summed E-state index contributed by atoms with van der Waals surface area (Å²) in [4.78, 5) is 19.2. The van der Waals surface area contributed by atoms with Crippen LogP contribution >= 0.6 is 0 Å². The molecule has 4 aromatic heterocycles. The molecule has 5 heteroatoms. The van der Waals surface area contributed by atoms with E-state index >= 15 is 0 Å². The van der Waals surface area contributed by atoms with E-state index in [1.165, 1.54) is 0 Å². The van der Waals surface area contributed by atoms with Crippen LogP contribution < -0.4 is 0 Å². The van der Waals surface area contributed by atoms with Gasteiger partial charge in [0.05, 0.1) is 22.6 Å². The van der Waals surface area contributed by atoms with Crippen LogP contribution in [0.5, 0.6) is 0 Å². The number of hydrogen-bond acceptors (Lipinski definition) is 5. The van der Waals surface area contributed by atoms with Gasteiger partial charge in [-0.25, -0.2) is 15.0 Å². The second-order valence-corrected chi connectivity index (χ2v) is 10.2. The Labute approximate surface area is 236 Å². The van der Waals surface area contributed by atoms with Crippen molar-refractivity contribution in [1.82, 2.24) is 19.9 Å². The van der Waals surface area contributed by atoms with Crippen molar-refractivity contribution in [1.29, 1.82) is 0 Å². The highest BCUT2D eigenvalue weighted by atomic mass is 16.3. The van der Waals surface area contributed by atoms with Crippen LogP contribution in [-0.4, -0.2) is 19.9 Å². The summed E-state index contributed by atoms with van der Waals surface area (Å²) in [6.07, 6.45) is 11.9. The number of para-hydroxylation sites is 1. The van der Waals surface area contributed by atoms with Crippen molar-refractivity contribution in [3.63, 3.8) is 0 Å². The van der Waals surface area contributed by atoms with Gasteiger partial charge >= 0.3 is 0 Å². The smallest absolute Gasteiger partial charge is 0.223 e. The second kappa shape index (κ2) is 9.65. The summed E-state index contributed by atoms with van der Waals surface area (Å²) < 4.78 is 6.27. The number of rotatable bonds is 4. The molecule has 0 unspecified atom stereocenters. The predicted molar refractivity (Wildman–Crippen MR) is 165 cm³/mol. The van der Waals surface area contributed by atoms with Gasteiger partial charge in [-0.15, -0.1) is 0 Å². The van der Waals surface area contributed by atoms with Gasteiger partial charge in [-0.1, -0.05) is 66.8 Å². The molecule has 0 N–H and O–H groups in total. The Balaban J connectivity index is 1.26. The first-order chi connectivity index (χ1) is 20.3. The third kappa shape index (κ3) is 4.10. The summed E-state index contributed by atoms with van der Waals surface area (Å²) in [5.74, 6) is 0.699. The summed E-state index contributed by atoms with van der Waals surface area (Å²) in [7, 11) is 0. The molecular weight excluding hydrogens is 504 g/mol. The molecule has 41 heavy (non-hydrogen) atoms. The Morgan fingerprint density at radius 1 is 0.634 bits per heavy atom. The lowest BCUT2D eigenvalue weighted by atomic mass is 9.98. The standard InChI is InChI=1S/C36H24N4O/c1-2-7-26(8-3-1)36-40-35-32(41-36)18-17-28-33(35)27-9-4-5-10-31(27)39-34(28)25-15-13-23(14-16-25)29-11-6-12-30(38-29)24-19-21-37-22-20-24/h1-2,4-7,9-22H,3,8H2. The zero-order valence-corrected chi connectivity index (χ0v) is 22.2. The van der Waals surface area contributed by atoms with Gasteiger partial charge in [0.2, 0.25) is 5.89 Å². The van der Waals surface area contributed by atoms with Crippen LogP contribution in [-0.2, 0) is 0 Å². The van der Waals surface area contributed by atoms with E-state index in [1.54, 1.807) is 12.4 Å². The Kier molecular flexibility index (Phi) is 5.52. The van der Waals surface area contributed by atoms with Gasteiger partial charge in [0, 0.05) is 50.8 Å². The molecule has 4 heterocycles. The van der Waals surface area contributed by atoms with Crippen LogP contribution in [0.1, 0.15) is 18.7 Å². The first-order valence-corrected chi connectivity index (χ1v) is 13.8. The molecule has 0 fully saturated rings. The minimum atomic E-state index is 0.699. The number of oxazole rings is 1. The van der Waals surface area contributed by atoms with Gasteiger partial charge in [0.1, 0.15) is 5.52 Å². The number of pyridine rings is 3. The molecule has 0 saturated carbocycles. The summed E-state index contributed by atoms with van der Waals surface area (Å²) in [5.41, 5.74) is 9.64. The fourth-order valence-corrected chi connectivity index (χ4v) is 5.64. The Morgan fingerprint density at radius 2 is 1.41 bits per heavy atom. The number of fused-ring (bicyclic) bond motifs is 5.